The van der Waals surface area contributed by atoms with E-state index in [1.807, 2.05) is 5.43 Å². The third kappa shape index (κ3) is 3.79. The van der Waals surface area contributed by atoms with Gasteiger partial charge in [0.15, 0.2) is 0 Å². The van der Waals surface area contributed by atoms with Gasteiger partial charge in [0.05, 0.1) is 6.21 Å². The Labute approximate surface area is 92.1 Å². The Bertz CT molecular complexity index is 429. The van der Waals surface area contributed by atoms with Crippen LogP contribution in [0, 0.1) is 0 Å². The molecule has 84 valence electrons. The molecule has 0 saturated heterocycles. The van der Waals surface area contributed by atoms with Crippen LogP contribution in [0.25, 0.3) is 0 Å². The molecule has 1 aromatic rings. The van der Waals surface area contributed by atoms with Gasteiger partial charge in [0, 0.05) is 12.5 Å². The van der Waals surface area contributed by atoms with Crippen LogP contribution < -0.4 is 15.9 Å². The number of nitrogens with zero attached hydrogens (tertiary/aromatic N) is 1. The molecule has 6 heteroatoms. The van der Waals surface area contributed by atoms with Gasteiger partial charge in [-0.05, 0) is 12.1 Å². The standard InChI is InChI=1S/C10H11N3O3/c1-7(14)16-9-5-3-2-4-8(9)6-12-13-10(11)15/h2-6H,1H3,(H3,11,13,15). The van der Waals surface area contributed by atoms with Crippen LogP contribution in [0.4, 0.5) is 4.79 Å². The predicted molar refractivity (Wildman–Crippen MR) is 58.1 cm³/mol. The lowest BCUT2D eigenvalue weighted by Crippen LogP contribution is -2.24. The Hall–Kier alpha value is -2.37. The maximum Gasteiger partial charge on any atom is 0.332 e. The van der Waals surface area contributed by atoms with Crippen LogP contribution in [-0.4, -0.2) is 18.2 Å². The molecule has 0 unspecified atom stereocenters. The van der Waals surface area contributed by atoms with Crippen molar-refractivity contribution in [1.82, 2.24) is 5.43 Å². The van der Waals surface area contributed by atoms with Gasteiger partial charge in [-0.15, -0.1) is 0 Å². The molecule has 0 heterocycles. The highest BCUT2D eigenvalue weighted by Crippen LogP contribution is 2.15. The monoisotopic (exact) mass is 221 g/mol. The number of hydrogen-bond donors (Lipinski definition) is 2. The summed E-state index contributed by atoms with van der Waals surface area (Å²) in [4.78, 5) is 21.2. The first-order valence-electron chi connectivity index (χ1n) is 4.45. The van der Waals surface area contributed by atoms with Crippen molar-refractivity contribution >= 4 is 18.2 Å². The highest BCUT2D eigenvalue weighted by Gasteiger charge is 2.02. The van der Waals surface area contributed by atoms with Gasteiger partial charge in [-0.3, -0.25) is 4.79 Å². The number of urea groups is 1. The zero-order valence-corrected chi connectivity index (χ0v) is 8.64. The first-order valence-corrected chi connectivity index (χ1v) is 4.45. The third-order valence-electron chi connectivity index (χ3n) is 1.55. The molecule has 0 bridgehead atoms. The zero-order chi connectivity index (χ0) is 12.0. The Kier molecular flexibility index (Phi) is 4.02. The highest BCUT2D eigenvalue weighted by molar-refractivity contribution is 5.86. The molecule has 6 nitrogen and oxygen atoms in total. The van der Waals surface area contributed by atoms with Crippen molar-refractivity contribution in [2.24, 2.45) is 10.8 Å². The maximum atomic E-state index is 10.8. The molecule has 0 atom stereocenters. The van der Waals surface area contributed by atoms with Gasteiger partial charge in [-0.1, -0.05) is 12.1 Å². The molecule has 0 aliphatic rings. The number of esters is 1. The number of amides is 2. The van der Waals surface area contributed by atoms with E-state index in [0.29, 0.717) is 11.3 Å². The van der Waals surface area contributed by atoms with Crippen molar-refractivity contribution < 1.29 is 14.3 Å². The molecular formula is C10H11N3O3. The van der Waals surface area contributed by atoms with Gasteiger partial charge in [0.1, 0.15) is 5.75 Å². The number of primary amides is 1. The Balaban J connectivity index is 2.82. The van der Waals surface area contributed by atoms with E-state index in [0.717, 1.165) is 0 Å². The van der Waals surface area contributed by atoms with Gasteiger partial charge in [-0.2, -0.15) is 5.10 Å². The third-order valence-corrected chi connectivity index (χ3v) is 1.55. The van der Waals surface area contributed by atoms with Crippen molar-refractivity contribution in [2.45, 2.75) is 6.92 Å². The van der Waals surface area contributed by atoms with Crippen LogP contribution >= 0.6 is 0 Å². The number of benzene rings is 1. The van der Waals surface area contributed by atoms with E-state index in [9.17, 15) is 9.59 Å². The fourth-order valence-electron chi connectivity index (χ4n) is 1.00. The fraction of sp³-hybridized carbons (Fsp3) is 0.100. The molecule has 1 rings (SSSR count). The topological polar surface area (TPSA) is 93.8 Å². The number of carbonyl (C=O) groups excluding carboxylic acids is 2. The van der Waals surface area contributed by atoms with E-state index in [4.69, 9.17) is 10.5 Å². The summed E-state index contributed by atoms with van der Waals surface area (Å²) in [6, 6.07) is 6.01. The SMILES string of the molecule is CC(=O)Oc1ccccc1C=NNC(N)=O. The molecule has 0 aromatic heterocycles. The summed E-state index contributed by atoms with van der Waals surface area (Å²) in [7, 11) is 0. The quantitative estimate of drug-likeness (QED) is 0.339. The second kappa shape index (κ2) is 5.50. The van der Waals surface area contributed by atoms with E-state index in [1.54, 1.807) is 24.3 Å². The van der Waals surface area contributed by atoms with Crippen LogP contribution in [0.1, 0.15) is 12.5 Å². The number of para-hydroxylation sites is 1. The van der Waals surface area contributed by atoms with E-state index in [1.165, 1.54) is 13.1 Å². The number of nitrogens with one attached hydrogen (secondary N) is 1. The fourth-order valence-corrected chi connectivity index (χ4v) is 1.00. The van der Waals surface area contributed by atoms with E-state index < -0.39 is 12.0 Å². The van der Waals surface area contributed by atoms with Gasteiger partial charge in [0.25, 0.3) is 0 Å². The van der Waals surface area contributed by atoms with Gasteiger partial charge in [-0.25, -0.2) is 10.2 Å². The molecule has 0 radical (unpaired) electrons. The van der Waals surface area contributed by atoms with Gasteiger partial charge < -0.3 is 10.5 Å². The largest absolute Gasteiger partial charge is 0.426 e. The molecule has 2 amide bonds. The minimum Gasteiger partial charge on any atom is -0.426 e. The molecule has 0 aliphatic carbocycles. The highest BCUT2D eigenvalue weighted by atomic mass is 16.5. The van der Waals surface area contributed by atoms with Crippen molar-refractivity contribution in [2.75, 3.05) is 0 Å². The summed E-state index contributed by atoms with van der Waals surface area (Å²) in [6.07, 6.45) is 1.34. The number of ether oxygens (including phenoxy) is 1. The summed E-state index contributed by atoms with van der Waals surface area (Å²) in [5.41, 5.74) is 7.43. The number of hydrogen-bond acceptors (Lipinski definition) is 4. The van der Waals surface area contributed by atoms with Crippen LogP contribution in [0.2, 0.25) is 0 Å². The molecule has 0 spiro atoms. The predicted octanol–water partition coefficient (Wildman–Crippen LogP) is 0.614. The van der Waals surface area contributed by atoms with E-state index in [-0.39, 0.29) is 0 Å². The van der Waals surface area contributed by atoms with Crippen molar-refractivity contribution in [1.29, 1.82) is 0 Å². The summed E-state index contributed by atoms with van der Waals surface area (Å²) in [5, 5.41) is 3.57. The van der Waals surface area contributed by atoms with Crippen LogP contribution in [0.3, 0.4) is 0 Å². The molecule has 0 aliphatic heterocycles. The molecule has 0 saturated carbocycles. The summed E-state index contributed by atoms with van der Waals surface area (Å²) in [6.45, 7) is 1.30. The number of nitrogens with two attached hydrogens (primary N) is 1. The van der Waals surface area contributed by atoms with Crippen molar-refractivity contribution in [3.05, 3.63) is 29.8 Å². The molecule has 3 N–H and O–H groups in total. The number of hydrazone groups is 1. The first kappa shape index (κ1) is 11.7. The normalized spacial score (nSPS) is 10.1. The Morgan fingerprint density at radius 3 is 2.75 bits per heavy atom. The minimum absolute atomic E-state index is 0.366. The first-order chi connectivity index (χ1) is 7.59. The van der Waals surface area contributed by atoms with Gasteiger partial charge in [0.2, 0.25) is 0 Å². The van der Waals surface area contributed by atoms with Gasteiger partial charge >= 0.3 is 12.0 Å². The average Bonchev–Trinajstić information content (AvgIpc) is 2.19. The Morgan fingerprint density at radius 2 is 2.12 bits per heavy atom. The second-order valence-corrected chi connectivity index (χ2v) is 2.87. The Morgan fingerprint density at radius 1 is 1.44 bits per heavy atom. The van der Waals surface area contributed by atoms with Crippen molar-refractivity contribution in [3.8, 4) is 5.75 Å². The lowest BCUT2D eigenvalue weighted by Gasteiger charge is -2.03. The summed E-state index contributed by atoms with van der Waals surface area (Å²) >= 11 is 0. The summed E-state index contributed by atoms with van der Waals surface area (Å²) < 4.78 is 4.93. The van der Waals surface area contributed by atoms with E-state index in [2.05, 4.69) is 5.10 Å². The molecule has 1 aromatic carbocycles. The molecular weight excluding hydrogens is 210 g/mol. The smallest absolute Gasteiger partial charge is 0.332 e. The lowest BCUT2D eigenvalue weighted by atomic mass is 10.2. The van der Waals surface area contributed by atoms with Crippen LogP contribution in [0.15, 0.2) is 29.4 Å². The van der Waals surface area contributed by atoms with Crippen LogP contribution in [0.5, 0.6) is 5.75 Å². The van der Waals surface area contributed by atoms with E-state index >= 15 is 0 Å². The molecule has 16 heavy (non-hydrogen) atoms. The van der Waals surface area contributed by atoms with Crippen molar-refractivity contribution in [3.63, 3.8) is 0 Å². The average molecular weight is 221 g/mol. The zero-order valence-electron chi connectivity index (χ0n) is 8.64. The minimum atomic E-state index is -0.763. The molecule has 0 fully saturated rings. The maximum absolute atomic E-state index is 10.8. The summed E-state index contributed by atoms with van der Waals surface area (Å²) in [5.74, 6) is -0.0614. The number of carbonyl (C=O) groups is 2. The van der Waals surface area contributed by atoms with Crippen LogP contribution in [-0.2, 0) is 4.79 Å². The number of rotatable bonds is 3. The lowest BCUT2D eigenvalue weighted by molar-refractivity contribution is -0.131. The second-order valence-electron chi connectivity index (χ2n) is 2.87.